The molecule has 2 N–H and O–H groups in total. The number of hydrogen-bond acceptors (Lipinski definition) is 2. The molecule has 1 aliphatic carbocycles. The highest BCUT2D eigenvalue weighted by molar-refractivity contribution is 5.96. The van der Waals surface area contributed by atoms with Crippen molar-refractivity contribution in [3.8, 4) is 0 Å². The van der Waals surface area contributed by atoms with Crippen LogP contribution in [0, 0.1) is 5.82 Å². The van der Waals surface area contributed by atoms with Crippen LogP contribution in [-0.2, 0) is 12.8 Å². The Balaban J connectivity index is 1.65. The average molecular weight is 341 g/mol. The van der Waals surface area contributed by atoms with Gasteiger partial charge in [-0.2, -0.15) is 0 Å². The maximum atomic E-state index is 14.0. The van der Waals surface area contributed by atoms with Gasteiger partial charge in [0.05, 0.1) is 5.69 Å². The fourth-order valence-corrected chi connectivity index (χ4v) is 3.02. The maximum Gasteiger partial charge on any atom is 0.319 e. The quantitative estimate of drug-likeness (QED) is 0.902. The van der Waals surface area contributed by atoms with Crippen molar-refractivity contribution in [3.63, 3.8) is 0 Å². The van der Waals surface area contributed by atoms with Crippen LogP contribution in [0.5, 0.6) is 0 Å². The number of rotatable bonds is 3. The van der Waals surface area contributed by atoms with E-state index in [9.17, 15) is 14.0 Å². The van der Waals surface area contributed by atoms with Gasteiger partial charge in [-0.1, -0.05) is 24.3 Å². The van der Waals surface area contributed by atoms with Gasteiger partial charge in [-0.15, -0.1) is 0 Å². The summed E-state index contributed by atoms with van der Waals surface area (Å²) in [6, 6.07) is 11.5. The first-order valence-electron chi connectivity index (χ1n) is 8.09. The fraction of sp³-hybridized carbons (Fsp3) is 0.263. The van der Waals surface area contributed by atoms with E-state index in [4.69, 9.17) is 0 Å². The largest absolute Gasteiger partial charge is 0.345 e. The van der Waals surface area contributed by atoms with Crippen LogP contribution >= 0.6 is 0 Å². The van der Waals surface area contributed by atoms with Gasteiger partial charge in [0.2, 0.25) is 0 Å². The Morgan fingerprint density at radius 1 is 1.08 bits per heavy atom. The predicted octanol–water partition coefficient (Wildman–Crippen LogP) is 2.82. The van der Waals surface area contributed by atoms with E-state index in [1.54, 1.807) is 14.1 Å². The standard InChI is InChI=1S/C19H20FN3O2/c1-23(2)18(24)14-7-8-16(20)17(11-14)22-19(25)21-15-9-12-5-3-4-6-13(12)10-15/h3-8,11,15H,9-10H2,1-2H3,(H2,21,22,25). The summed E-state index contributed by atoms with van der Waals surface area (Å²) >= 11 is 0. The first-order valence-corrected chi connectivity index (χ1v) is 8.09. The van der Waals surface area contributed by atoms with E-state index in [0.717, 1.165) is 12.8 Å². The molecule has 0 radical (unpaired) electrons. The number of urea groups is 1. The highest BCUT2D eigenvalue weighted by Crippen LogP contribution is 2.22. The van der Waals surface area contributed by atoms with E-state index < -0.39 is 11.8 Å². The summed E-state index contributed by atoms with van der Waals surface area (Å²) in [5, 5.41) is 5.36. The molecular formula is C19H20FN3O2. The van der Waals surface area contributed by atoms with Crippen molar-refractivity contribution in [2.24, 2.45) is 0 Å². The monoisotopic (exact) mass is 341 g/mol. The van der Waals surface area contributed by atoms with Crippen LogP contribution < -0.4 is 10.6 Å². The third-order valence-electron chi connectivity index (χ3n) is 4.25. The van der Waals surface area contributed by atoms with Crippen LogP contribution in [0.25, 0.3) is 0 Å². The van der Waals surface area contributed by atoms with Crippen molar-refractivity contribution >= 4 is 17.6 Å². The van der Waals surface area contributed by atoms with E-state index in [1.807, 2.05) is 24.3 Å². The van der Waals surface area contributed by atoms with Gasteiger partial charge in [-0.05, 0) is 42.2 Å². The van der Waals surface area contributed by atoms with Gasteiger partial charge >= 0.3 is 6.03 Å². The molecule has 0 unspecified atom stereocenters. The van der Waals surface area contributed by atoms with Gasteiger partial charge in [0.15, 0.2) is 0 Å². The second-order valence-corrected chi connectivity index (χ2v) is 6.37. The Morgan fingerprint density at radius 3 is 2.32 bits per heavy atom. The van der Waals surface area contributed by atoms with Crippen molar-refractivity contribution in [2.75, 3.05) is 19.4 Å². The van der Waals surface area contributed by atoms with Gasteiger partial charge < -0.3 is 15.5 Å². The molecule has 130 valence electrons. The fourth-order valence-electron chi connectivity index (χ4n) is 3.02. The zero-order chi connectivity index (χ0) is 18.0. The number of nitrogens with zero attached hydrogens (tertiary/aromatic N) is 1. The molecule has 0 spiro atoms. The Labute approximate surface area is 145 Å². The summed E-state index contributed by atoms with van der Waals surface area (Å²) in [5.41, 5.74) is 2.74. The molecule has 6 heteroatoms. The average Bonchev–Trinajstić information content (AvgIpc) is 2.98. The van der Waals surface area contributed by atoms with E-state index in [2.05, 4.69) is 10.6 Å². The Bertz CT molecular complexity index is 795. The number of hydrogen-bond donors (Lipinski definition) is 2. The Morgan fingerprint density at radius 2 is 1.72 bits per heavy atom. The lowest BCUT2D eigenvalue weighted by Crippen LogP contribution is -2.38. The Hall–Kier alpha value is -2.89. The maximum absolute atomic E-state index is 14.0. The van der Waals surface area contributed by atoms with E-state index >= 15 is 0 Å². The minimum atomic E-state index is -0.583. The Kier molecular flexibility index (Phi) is 4.70. The second kappa shape index (κ2) is 6.93. The molecule has 25 heavy (non-hydrogen) atoms. The summed E-state index contributed by atoms with van der Waals surface area (Å²) in [6.45, 7) is 0. The van der Waals surface area contributed by atoms with Crippen LogP contribution in [0.15, 0.2) is 42.5 Å². The minimum absolute atomic E-state index is 0.0132. The first kappa shape index (κ1) is 17.0. The molecule has 0 aliphatic heterocycles. The van der Waals surface area contributed by atoms with Crippen molar-refractivity contribution < 1.29 is 14.0 Å². The summed E-state index contributed by atoms with van der Waals surface area (Å²) in [5.74, 6) is -0.838. The molecule has 0 fully saturated rings. The molecular weight excluding hydrogens is 321 g/mol. The van der Waals surface area contributed by atoms with Crippen molar-refractivity contribution in [1.29, 1.82) is 0 Å². The molecule has 0 atom stereocenters. The lowest BCUT2D eigenvalue weighted by molar-refractivity contribution is 0.0827. The molecule has 0 saturated carbocycles. The number of fused-ring (bicyclic) bond motifs is 1. The molecule has 1 aliphatic rings. The topological polar surface area (TPSA) is 61.4 Å². The van der Waals surface area contributed by atoms with Crippen LogP contribution in [-0.4, -0.2) is 37.0 Å². The molecule has 0 saturated heterocycles. The number of amides is 3. The SMILES string of the molecule is CN(C)C(=O)c1ccc(F)c(NC(=O)NC2Cc3ccccc3C2)c1. The molecule has 0 heterocycles. The highest BCUT2D eigenvalue weighted by Gasteiger charge is 2.23. The van der Waals surface area contributed by atoms with Crippen molar-refractivity contribution in [2.45, 2.75) is 18.9 Å². The van der Waals surface area contributed by atoms with Gasteiger partial charge in [0, 0.05) is 25.7 Å². The normalized spacial score (nSPS) is 13.2. The first-order chi connectivity index (χ1) is 11.9. The zero-order valence-electron chi connectivity index (χ0n) is 14.2. The zero-order valence-corrected chi connectivity index (χ0v) is 14.2. The molecule has 2 aromatic rings. The molecule has 2 aromatic carbocycles. The highest BCUT2D eigenvalue weighted by atomic mass is 19.1. The number of anilines is 1. The number of halogens is 1. The molecule has 3 amide bonds. The van der Waals surface area contributed by atoms with E-state index in [-0.39, 0.29) is 17.6 Å². The van der Waals surface area contributed by atoms with Gasteiger partial charge in [-0.3, -0.25) is 4.79 Å². The van der Waals surface area contributed by atoms with Gasteiger partial charge in [0.1, 0.15) is 5.82 Å². The number of carbonyl (C=O) groups is 2. The predicted molar refractivity (Wildman–Crippen MR) is 94.2 cm³/mol. The number of benzene rings is 2. The van der Waals surface area contributed by atoms with Gasteiger partial charge in [-0.25, -0.2) is 9.18 Å². The van der Waals surface area contributed by atoms with E-state index in [1.165, 1.54) is 34.2 Å². The third kappa shape index (κ3) is 3.79. The second-order valence-electron chi connectivity index (χ2n) is 6.37. The van der Waals surface area contributed by atoms with Crippen molar-refractivity contribution in [1.82, 2.24) is 10.2 Å². The lowest BCUT2D eigenvalue weighted by Gasteiger charge is -2.15. The summed E-state index contributed by atoms with van der Waals surface area (Å²) in [7, 11) is 3.23. The minimum Gasteiger partial charge on any atom is -0.345 e. The van der Waals surface area contributed by atoms with Crippen LogP contribution in [0.4, 0.5) is 14.9 Å². The summed E-state index contributed by atoms with van der Waals surface area (Å²) in [6.07, 6.45) is 1.51. The van der Waals surface area contributed by atoms with E-state index in [0.29, 0.717) is 5.56 Å². The number of carbonyl (C=O) groups excluding carboxylic acids is 2. The van der Waals surface area contributed by atoms with Crippen molar-refractivity contribution in [3.05, 3.63) is 65.0 Å². The molecule has 5 nitrogen and oxygen atoms in total. The third-order valence-corrected chi connectivity index (χ3v) is 4.25. The molecule has 0 aromatic heterocycles. The van der Waals surface area contributed by atoms with Crippen LogP contribution in [0.2, 0.25) is 0 Å². The van der Waals surface area contributed by atoms with Crippen LogP contribution in [0.1, 0.15) is 21.5 Å². The number of nitrogens with one attached hydrogen (secondary N) is 2. The lowest BCUT2D eigenvalue weighted by atomic mass is 10.1. The van der Waals surface area contributed by atoms with Gasteiger partial charge in [0.25, 0.3) is 5.91 Å². The molecule has 0 bridgehead atoms. The molecule has 3 rings (SSSR count). The summed E-state index contributed by atoms with van der Waals surface area (Å²) in [4.78, 5) is 25.6. The summed E-state index contributed by atoms with van der Waals surface area (Å²) < 4.78 is 14.0. The smallest absolute Gasteiger partial charge is 0.319 e. The van der Waals surface area contributed by atoms with Crippen LogP contribution in [0.3, 0.4) is 0 Å².